The lowest BCUT2D eigenvalue weighted by Gasteiger charge is -2.23. The normalized spacial score (nSPS) is 34.5. The highest BCUT2D eigenvalue weighted by atomic mass is 32.2. The van der Waals surface area contributed by atoms with Crippen LogP contribution in [-0.4, -0.2) is 33.8 Å². The number of thioether (sulfide) groups is 1. The summed E-state index contributed by atoms with van der Waals surface area (Å²) in [6, 6.07) is 3.12. The number of aliphatic hydroxyl groups is 1. The minimum absolute atomic E-state index is 0.252. The molecule has 3 unspecified atom stereocenters. The Morgan fingerprint density at radius 3 is 2.88 bits per heavy atom. The van der Waals surface area contributed by atoms with Gasteiger partial charge in [0.25, 0.3) is 0 Å². The number of nitrogens with one attached hydrogen (secondary N) is 1. The summed E-state index contributed by atoms with van der Waals surface area (Å²) in [4.78, 5) is 0. The monoisotopic (exact) mass is 254 g/mol. The lowest BCUT2D eigenvalue weighted by atomic mass is 10.00. The van der Waals surface area contributed by atoms with E-state index in [1.54, 1.807) is 0 Å². The average molecular weight is 254 g/mol. The Bertz CT molecular complexity index is 300. The molecule has 0 aromatic carbocycles. The second-order valence-corrected chi connectivity index (χ2v) is 7.18. The molecule has 2 aliphatic carbocycles. The van der Waals surface area contributed by atoms with Gasteiger partial charge in [-0.25, -0.2) is 0 Å². The zero-order chi connectivity index (χ0) is 12.3. The fourth-order valence-corrected chi connectivity index (χ4v) is 4.11. The molecule has 0 aliphatic heterocycles. The van der Waals surface area contributed by atoms with Gasteiger partial charge in [0.1, 0.15) is 5.54 Å². The summed E-state index contributed by atoms with van der Waals surface area (Å²) in [6.45, 7) is 2.44. The minimum Gasteiger partial charge on any atom is -0.396 e. The fraction of sp³-hybridized carbons (Fsp3) is 0.923. The molecular formula is C13H22N2OS. The zero-order valence-electron chi connectivity index (χ0n) is 10.5. The van der Waals surface area contributed by atoms with Crippen molar-refractivity contribution in [3.8, 4) is 6.07 Å². The maximum Gasteiger partial charge on any atom is 0.108 e. The Hall–Kier alpha value is -0.240. The van der Waals surface area contributed by atoms with E-state index in [1.807, 2.05) is 11.8 Å². The van der Waals surface area contributed by atoms with Crippen molar-refractivity contribution in [1.29, 1.82) is 5.26 Å². The summed E-state index contributed by atoms with van der Waals surface area (Å²) in [5.41, 5.74) is -0.252. The van der Waals surface area contributed by atoms with E-state index < -0.39 is 0 Å². The number of hydrogen-bond acceptors (Lipinski definition) is 4. The lowest BCUT2D eigenvalue weighted by Crippen LogP contribution is -2.43. The number of nitrogens with zero attached hydrogens (tertiary/aromatic N) is 1. The SMILES string of the molecule is CC(CCO)SC1CCC(C#N)(NC2CC2)C1. The first-order valence-corrected chi connectivity index (χ1v) is 7.57. The fourth-order valence-electron chi connectivity index (χ4n) is 2.58. The minimum atomic E-state index is -0.252. The first-order valence-electron chi connectivity index (χ1n) is 6.63. The average Bonchev–Trinajstić information content (AvgIpc) is 3.01. The van der Waals surface area contributed by atoms with E-state index in [-0.39, 0.29) is 12.1 Å². The summed E-state index contributed by atoms with van der Waals surface area (Å²) in [6.07, 6.45) is 6.43. The smallest absolute Gasteiger partial charge is 0.108 e. The van der Waals surface area contributed by atoms with Gasteiger partial charge in [-0.2, -0.15) is 17.0 Å². The molecule has 0 amide bonds. The molecule has 0 spiro atoms. The van der Waals surface area contributed by atoms with Crippen molar-refractivity contribution in [2.45, 2.75) is 67.5 Å². The van der Waals surface area contributed by atoms with Crippen molar-refractivity contribution in [3.63, 3.8) is 0 Å². The van der Waals surface area contributed by atoms with E-state index in [0.29, 0.717) is 16.5 Å². The van der Waals surface area contributed by atoms with Crippen LogP contribution in [0.2, 0.25) is 0 Å². The highest BCUT2D eigenvalue weighted by Crippen LogP contribution is 2.40. The van der Waals surface area contributed by atoms with E-state index in [9.17, 15) is 5.26 Å². The van der Waals surface area contributed by atoms with Crippen LogP contribution in [-0.2, 0) is 0 Å². The quantitative estimate of drug-likeness (QED) is 0.762. The number of rotatable bonds is 6. The number of nitriles is 1. The van der Waals surface area contributed by atoms with Gasteiger partial charge in [0.15, 0.2) is 0 Å². The lowest BCUT2D eigenvalue weighted by molar-refractivity contribution is 0.289. The van der Waals surface area contributed by atoms with Gasteiger partial charge in [-0.05, 0) is 38.5 Å². The van der Waals surface area contributed by atoms with Gasteiger partial charge >= 0.3 is 0 Å². The topological polar surface area (TPSA) is 56.0 Å². The first kappa shape index (κ1) is 13.2. The maximum absolute atomic E-state index is 9.39. The Balaban J connectivity index is 1.82. The highest BCUT2D eigenvalue weighted by Gasteiger charge is 2.43. The van der Waals surface area contributed by atoms with E-state index in [4.69, 9.17) is 5.11 Å². The molecular weight excluding hydrogens is 232 g/mol. The molecule has 3 atom stereocenters. The third-order valence-electron chi connectivity index (χ3n) is 3.70. The molecule has 17 heavy (non-hydrogen) atoms. The van der Waals surface area contributed by atoms with Gasteiger partial charge in [-0.1, -0.05) is 6.92 Å². The number of aliphatic hydroxyl groups excluding tert-OH is 1. The Morgan fingerprint density at radius 2 is 2.29 bits per heavy atom. The van der Waals surface area contributed by atoms with Gasteiger partial charge in [0, 0.05) is 23.1 Å². The maximum atomic E-state index is 9.39. The molecule has 0 saturated heterocycles. The molecule has 0 radical (unpaired) electrons. The second-order valence-electron chi connectivity index (χ2n) is 5.44. The van der Waals surface area contributed by atoms with Crippen LogP contribution in [0.3, 0.4) is 0 Å². The van der Waals surface area contributed by atoms with Gasteiger partial charge in [-0.3, -0.25) is 5.32 Å². The van der Waals surface area contributed by atoms with Gasteiger partial charge in [-0.15, -0.1) is 0 Å². The molecule has 2 fully saturated rings. The summed E-state index contributed by atoms with van der Waals surface area (Å²) >= 11 is 1.95. The van der Waals surface area contributed by atoms with Crippen molar-refractivity contribution in [1.82, 2.24) is 5.32 Å². The van der Waals surface area contributed by atoms with Crippen molar-refractivity contribution < 1.29 is 5.11 Å². The van der Waals surface area contributed by atoms with Crippen LogP contribution in [0.25, 0.3) is 0 Å². The van der Waals surface area contributed by atoms with Crippen LogP contribution >= 0.6 is 11.8 Å². The van der Waals surface area contributed by atoms with Crippen molar-refractivity contribution in [3.05, 3.63) is 0 Å². The summed E-state index contributed by atoms with van der Waals surface area (Å²) < 4.78 is 0. The van der Waals surface area contributed by atoms with Crippen LogP contribution in [0, 0.1) is 11.3 Å². The molecule has 0 heterocycles. The Morgan fingerprint density at radius 1 is 1.53 bits per heavy atom. The third kappa shape index (κ3) is 3.61. The van der Waals surface area contributed by atoms with Crippen LogP contribution in [0.4, 0.5) is 0 Å². The molecule has 2 N–H and O–H groups in total. The van der Waals surface area contributed by atoms with E-state index in [2.05, 4.69) is 18.3 Å². The van der Waals surface area contributed by atoms with E-state index >= 15 is 0 Å². The standard InChI is InChI=1S/C13H22N2OS/c1-10(5-7-16)17-12-4-6-13(8-12,9-14)15-11-2-3-11/h10-12,15-16H,2-8H2,1H3. The molecule has 0 aromatic rings. The van der Waals surface area contributed by atoms with Crippen LogP contribution in [0.5, 0.6) is 0 Å². The largest absolute Gasteiger partial charge is 0.396 e. The summed E-state index contributed by atoms with van der Waals surface area (Å²) in [5.74, 6) is 0. The molecule has 2 rings (SSSR count). The van der Waals surface area contributed by atoms with Crippen LogP contribution in [0.1, 0.15) is 45.4 Å². The predicted octanol–water partition coefficient (Wildman–Crippen LogP) is 2.06. The first-order chi connectivity index (χ1) is 8.17. The summed E-state index contributed by atoms with van der Waals surface area (Å²) in [7, 11) is 0. The predicted molar refractivity (Wildman–Crippen MR) is 70.9 cm³/mol. The van der Waals surface area contributed by atoms with E-state index in [1.165, 1.54) is 12.8 Å². The highest BCUT2D eigenvalue weighted by molar-refractivity contribution is 8.00. The van der Waals surface area contributed by atoms with Crippen LogP contribution in [0.15, 0.2) is 0 Å². The van der Waals surface area contributed by atoms with Crippen molar-refractivity contribution >= 4 is 11.8 Å². The molecule has 0 aromatic heterocycles. The molecule has 0 bridgehead atoms. The summed E-state index contributed by atoms with van der Waals surface area (Å²) in [5, 5.41) is 22.9. The second kappa shape index (κ2) is 5.60. The molecule has 2 aliphatic rings. The molecule has 3 nitrogen and oxygen atoms in total. The number of hydrogen-bond donors (Lipinski definition) is 2. The van der Waals surface area contributed by atoms with Gasteiger partial charge in [0.05, 0.1) is 6.07 Å². The zero-order valence-corrected chi connectivity index (χ0v) is 11.3. The third-order valence-corrected chi connectivity index (χ3v) is 5.19. The van der Waals surface area contributed by atoms with E-state index in [0.717, 1.165) is 25.7 Å². The van der Waals surface area contributed by atoms with Crippen molar-refractivity contribution in [2.24, 2.45) is 0 Å². The molecule has 96 valence electrons. The van der Waals surface area contributed by atoms with Crippen molar-refractivity contribution in [2.75, 3.05) is 6.61 Å². The van der Waals surface area contributed by atoms with Gasteiger partial charge in [0.2, 0.25) is 0 Å². The molecule has 4 heteroatoms. The van der Waals surface area contributed by atoms with Gasteiger partial charge < -0.3 is 5.11 Å². The van der Waals surface area contributed by atoms with Crippen LogP contribution < -0.4 is 5.32 Å². The Labute approximate surface area is 108 Å². The molecule has 2 saturated carbocycles. The Kier molecular flexibility index (Phi) is 4.35.